The van der Waals surface area contributed by atoms with Crippen molar-refractivity contribution in [2.45, 2.75) is 31.6 Å². The molecule has 4 heterocycles. The lowest BCUT2D eigenvalue weighted by molar-refractivity contribution is -0.117. The number of nitrogens with one attached hydrogen (secondary N) is 2. The molecule has 0 atom stereocenters. The number of piperidine rings is 1. The highest BCUT2D eigenvalue weighted by Crippen LogP contribution is 2.36. The number of fused-ring (bicyclic) bond motifs is 2. The van der Waals surface area contributed by atoms with Gasteiger partial charge < -0.3 is 20.0 Å². The molecule has 4 aromatic rings. The van der Waals surface area contributed by atoms with Crippen LogP contribution in [0.1, 0.15) is 37.2 Å². The van der Waals surface area contributed by atoms with Crippen LogP contribution in [0, 0.1) is 5.92 Å². The summed E-state index contributed by atoms with van der Waals surface area (Å²) in [4.78, 5) is 28.5. The smallest absolute Gasteiger partial charge is 0.229 e. The minimum Gasteiger partial charge on any atom is -0.436 e. The SMILES string of the molecule is CNc1ncc(-c2nc3cc(C4CCN(C)CC4)ccc3o2)c2cc(NC(=O)C3CC3)ncc12. The average molecular weight is 457 g/mol. The van der Waals surface area contributed by atoms with Crippen LogP contribution >= 0.6 is 0 Å². The largest absolute Gasteiger partial charge is 0.436 e. The maximum atomic E-state index is 12.3. The normalized spacial score (nSPS) is 17.4. The van der Waals surface area contributed by atoms with Crippen molar-refractivity contribution < 1.29 is 9.21 Å². The van der Waals surface area contributed by atoms with Crippen LogP contribution in [-0.2, 0) is 4.79 Å². The third kappa shape index (κ3) is 3.88. The Bertz CT molecular complexity index is 1390. The summed E-state index contributed by atoms with van der Waals surface area (Å²) >= 11 is 0. The number of benzene rings is 1. The second-order valence-electron chi connectivity index (χ2n) is 9.47. The van der Waals surface area contributed by atoms with E-state index in [0.29, 0.717) is 23.4 Å². The van der Waals surface area contributed by atoms with Crippen molar-refractivity contribution >= 4 is 39.4 Å². The number of hydrogen-bond acceptors (Lipinski definition) is 7. The number of oxazole rings is 1. The van der Waals surface area contributed by atoms with E-state index in [0.717, 1.165) is 66.2 Å². The number of likely N-dealkylation sites (tertiary alicyclic amines) is 1. The molecule has 2 N–H and O–H groups in total. The van der Waals surface area contributed by atoms with Gasteiger partial charge >= 0.3 is 0 Å². The second kappa shape index (κ2) is 8.36. The summed E-state index contributed by atoms with van der Waals surface area (Å²) in [6.45, 7) is 2.24. The number of nitrogens with zero attached hydrogens (tertiary/aromatic N) is 4. The fraction of sp³-hybridized carbons (Fsp3) is 0.385. The molecule has 0 spiro atoms. The van der Waals surface area contributed by atoms with Crippen molar-refractivity contribution in [3.63, 3.8) is 0 Å². The van der Waals surface area contributed by atoms with Crippen LogP contribution < -0.4 is 10.6 Å². The summed E-state index contributed by atoms with van der Waals surface area (Å²) in [5, 5.41) is 7.78. The molecule has 0 unspecified atom stereocenters. The molecular formula is C26H28N6O2. The Morgan fingerprint density at radius 3 is 2.65 bits per heavy atom. The van der Waals surface area contributed by atoms with Gasteiger partial charge in [0.25, 0.3) is 0 Å². The van der Waals surface area contributed by atoms with Crippen molar-refractivity contribution in [1.82, 2.24) is 19.9 Å². The minimum absolute atomic E-state index is 0.0274. The van der Waals surface area contributed by atoms with E-state index in [1.807, 2.05) is 19.2 Å². The van der Waals surface area contributed by atoms with Gasteiger partial charge in [0.15, 0.2) is 5.58 Å². The molecule has 3 aromatic heterocycles. The molecule has 174 valence electrons. The summed E-state index contributed by atoms with van der Waals surface area (Å²) in [5.74, 6) is 2.45. The number of hydrogen-bond donors (Lipinski definition) is 2. The molecule has 8 nitrogen and oxygen atoms in total. The Morgan fingerprint density at radius 1 is 1.06 bits per heavy atom. The van der Waals surface area contributed by atoms with Gasteiger partial charge in [-0.2, -0.15) is 0 Å². The monoisotopic (exact) mass is 456 g/mol. The van der Waals surface area contributed by atoms with Gasteiger partial charge in [0.1, 0.15) is 17.2 Å². The first-order valence-electron chi connectivity index (χ1n) is 12.0. The van der Waals surface area contributed by atoms with E-state index in [2.05, 4.69) is 44.7 Å². The highest BCUT2D eigenvalue weighted by molar-refractivity contribution is 6.03. The number of carbonyl (C=O) groups excluding carboxylic acids is 1. The molecule has 34 heavy (non-hydrogen) atoms. The van der Waals surface area contributed by atoms with Gasteiger partial charge in [0.05, 0.1) is 5.56 Å². The van der Waals surface area contributed by atoms with Gasteiger partial charge in [-0.1, -0.05) is 6.07 Å². The molecule has 1 aliphatic carbocycles. The van der Waals surface area contributed by atoms with Crippen LogP contribution in [-0.4, -0.2) is 52.9 Å². The molecular weight excluding hydrogens is 428 g/mol. The van der Waals surface area contributed by atoms with Crippen LogP contribution in [0.25, 0.3) is 33.3 Å². The van der Waals surface area contributed by atoms with Gasteiger partial charge in [-0.15, -0.1) is 0 Å². The summed E-state index contributed by atoms with van der Waals surface area (Å²) in [5.41, 5.74) is 3.71. The summed E-state index contributed by atoms with van der Waals surface area (Å²) in [6, 6.07) is 8.24. The first-order valence-corrected chi connectivity index (χ1v) is 12.0. The fourth-order valence-corrected chi connectivity index (χ4v) is 4.80. The van der Waals surface area contributed by atoms with E-state index < -0.39 is 0 Å². The maximum absolute atomic E-state index is 12.3. The third-order valence-corrected chi connectivity index (χ3v) is 7.04. The van der Waals surface area contributed by atoms with E-state index in [1.165, 1.54) is 5.56 Å². The molecule has 0 radical (unpaired) electrons. The number of pyridine rings is 2. The predicted octanol–water partition coefficient (Wildman–Crippen LogP) is 4.64. The van der Waals surface area contributed by atoms with Crippen molar-refractivity contribution in [2.75, 3.05) is 37.8 Å². The summed E-state index contributed by atoms with van der Waals surface area (Å²) in [6.07, 6.45) is 7.72. The zero-order valence-electron chi connectivity index (χ0n) is 19.5. The number of amides is 1. The van der Waals surface area contributed by atoms with Crippen LogP contribution in [0.15, 0.2) is 41.1 Å². The summed E-state index contributed by atoms with van der Waals surface area (Å²) < 4.78 is 6.18. The number of anilines is 2. The Kier molecular flexibility index (Phi) is 5.17. The first kappa shape index (κ1) is 21.0. The topological polar surface area (TPSA) is 96.2 Å². The standard InChI is InChI=1S/C26H28N6O2/c1-27-24-19-13-28-23(31-25(33)16-3-4-16)12-18(19)20(14-29-24)26-30-21-11-17(5-6-22(21)34-26)15-7-9-32(2)10-8-15/h5-6,11-16H,3-4,7-10H2,1-2H3,(H,27,29)(H,28,31,33). The molecule has 2 aliphatic rings. The third-order valence-electron chi connectivity index (χ3n) is 7.04. The first-order chi connectivity index (χ1) is 16.6. The molecule has 0 bridgehead atoms. The van der Waals surface area contributed by atoms with Gasteiger partial charge in [0.2, 0.25) is 11.8 Å². The van der Waals surface area contributed by atoms with Crippen molar-refractivity contribution in [1.29, 1.82) is 0 Å². The Hall–Kier alpha value is -3.52. The van der Waals surface area contributed by atoms with Gasteiger partial charge in [0, 0.05) is 36.1 Å². The van der Waals surface area contributed by atoms with Gasteiger partial charge in [-0.25, -0.2) is 15.0 Å². The zero-order chi connectivity index (χ0) is 23.2. The second-order valence-corrected chi connectivity index (χ2v) is 9.47. The summed E-state index contributed by atoms with van der Waals surface area (Å²) in [7, 11) is 4.01. The highest BCUT2D eigenvalue weighted by atomic mass is 16.3. The Labute approximate surface area is 197 Å². The molecule has 1 amide bonds. The molecule has 1 aliphatic heterocycles. The molecule has 8 heteroatoms. The van der Waals surface area contributed by atoms with Crippen LogP contribution in [0.4, 0.5) is 11.6 Å². The zero-order valence-corrected chi connectivity index (χ0v) is 19.5. The van der Waals surface area contributed by atoms with Crippen molar-refractivity contribution in [3.05, 3.63) is 42.2 Å². The van der Waals surface area contributed by atoms with E-state index in [1.54, 1.807) is 12.4 Å². The Balaban J connectivity index is 1.39. The lowest BCUT2D eigenvalue weighted by Gasteiger charge is -2.29. The molecule has 2 fully saturated rings. The maximum Gasteiger partial charge on any atom is 0.229 e. The number of rotatable bonds is 5. The number of aromatic nitrogens is 3. The molecule has 1 saturated heterocycles. The predicted molar refractivity (Wildman–Crippen MR) is 133 cm³/mol. The Morgan fingerprint density at radius 2 is 1.88 bits per heavy atom. The highest BCUT2D eigenvalue weighted by Gasteiger charge is 2.30. The average Bonchev–Trinajstić information content (AvgIpc) is 3.63. The van der Waals surface area contributed by atoms with E-state index in [4.69, 9.17) is 9.40 Å². The minimum atomic E-state index is 0.0274. The van der Waals surface area contributed by atoms with E-state index in [9.17, 15) is 4.79 Å². The fourth-order valence-electron chi connectivity index (χ4n) is 4.80. The van der Waals surface area contributed by atoms with Crippen molar-refractivity contribution in [2.24, 2.45) is 5.92 Å². The quantitative estimate of drug-likeness (QED) is 0.452. The van der Waals surface area contributed by atoms with Gasteiger partial charge in [-0.3, -0.25) is 4.79 Å². The van der Waals surface area contributed by atoms with Crippen molar-refractivity contribution in [3.8, 4) is 11.5 Å². The van der Waals surface area contributed by atoms with Crippen LogP contribution in [0.5, 0.6) is 0 Å². The van der Waals surface area contributed by atoms with E-state index in [-0.39, 0.29) is 11.8 Å². The van der Waals surface area contributed by atoms with Crippen LogP contribution in [0.2, 0.25) is 0 Å². The molecule has 1 aromatic carbocycles. The lowest BCUT2D eigenvalue weighted by atomic mass is 9.89. The van der Waals surface area contributed by atoms with Crippen LogP contribution in [0.3, 0.4) is 0 Å². The number of carbonyl (C=O) groups is 1. The molecule has 6 rings (SSSR count). The molecule has 1 saturated carbocycles. The van der Waals surface area contributed by atoms with E-state index >= 15 is 0 Å². The lowest BCUT2D eigenvalue weighted by Crippen LogP contribution is -2.29. The van der Waals surface area contributed by atoms with Gasteiger partial charge in [-0.05, 0) is 75.5 Å².